The van der Waals surface area contributed by atoms with Gasteiger partial charge in [-0.3, -0.25) is 0 Å². The Morgan fingerprint density at radius 2 is 1.79 bits per heavy atom. The van der Waals surface area contributed by atoms with E-state index in [1.807, 2.05) is 0 Å². The molecule has 2 nitrogen and oxygen atoms in total. The molecule has 2 aliphatic rings. The first-order chi connectivity index (χ1) is 9.12. The highest BCUT2D eigenvalue weighted by Gasteiger charge is 2.32. The van der Waals surface area contributed by atoms with Crippen LogP contribution in [0.15, 0.2) is 0 Å². The van der Waals surface area contributed by atoms with Gasteiger partial charge < -0.3 is 10.6 Å². The summed E-state index contributed by atoms with van der Waals surface area (Å²) in [6.45, 7) is 9.50. The van der Waals surface area contributed by atoms with E-state index in [1.54, 1.807) is 0 Å². The van der Waals surface area contributed by atoms with E-state index in [4.69, 9.17) is 0 Å². The second kappa shape index (κ2) is 7.08. The van der Waals surface area contributed by atoms with E-state index in [0.29, 0.717) is 5.41 Å². The number of piperidine rings is 1. The highest BCUT2D eigenvalue weighted by molar-refractivity contribution is 4.91. The Hall–Kier alpha value is -0.0800. The second-order valence-corrected chi connectivity index (χ2v) is 7.51. The highest BCUT2D eigenvalue weighted by Crippen LogP contribution is 2.31. The Bertz CT molecular complexity index is 256. The summed E-state index contributed by atoms with van der Waals surface area (Å²) < 4.78 is 0. The second-order valence-electron chi connectivity index (χ2n) is 7.51. The lowest BCUT2D eigenvalue weighted by Gasteiger charge is -2.41. The van der Waals surface area contributed by atoms with Crippen LogP contribution in [0.4, 0.5) is 0 Å². The third-order valence-corrected chi connectivity index (χ3v) is 5.48. The van der Waals surface area contributed by atoms with Crippen LogP contribution in [-0.2, 0) is 0 Å². The van der Waals surface area contributed by atoms with Gasteiger partial charge in [0.05, 0.1) is 0 Å². The van der Waals surface area contributed by atoms with Crippen molar-refractivity contribution >= 4 is 0 Å². The molecule has 0 spiro atoms. The number of nitrogens with one attached hydrogen (secondary N) is 2. The lowest BCUT2D eigenvalue weighted by Crippen LogP contribution is -2.51. The van der Waals surface area contributed by atoms with Crippen LogP contribution in [0, 0.1) is 11.3 Å². The molecule has 1 heterocycles. The van der Waals surface area contributed by atoms with E-state index in [2.05, 4.69) is 31.4 Å². The van der Waals surface area contributed by atoms with Crippen LogP contribution in [0.2, 0.25) is 0 Å². The van der Waals surface area contributed by atoms with Crippen LogP contribution in [0.3, 0.4) is 0 Å². The number of rotatable bonds is 5. The van der Waals surface area contributed by atoms with E-state index in [1.165, 1.54) is 64.5 Å². The first kappa shape index (κ1) is 15.3. The minimum atomic E-state index is 0.446. The Morgan fingerprint density at radius 1 is 1.05 bits per heavy atom. The zero-order valence-electron chi connectivity index (χ0n) is 13.3. The molecular formula is C17H34N2. The molecule has 1 saturated heterocycles. The molecule has 1 aliphatic carbocycles. The lowest BCUT2D eigenvalue weighted by atomic mass is 9.76. The molecule has 112 valence electrons. The van der Waals surface area contributed by atoms with Crippen LogP contribution >= 0.6 is 0 Å². The molecule has 0 aromatic heterocycles. The Balaban J connectivity index is 1.88. The predicted octanol–water partition coefficient (Wildman–Crippen LogP) is 3.71. The fourth-order valence-electron chi connectivity index (χ4n) is 3.67. The summed E-state index contributed by atoms with van der Waals surface area (Å²) in [5.74, 6) is 0.877. The third-order valence-electron chi connectivity index (χ3n) is 5.48. The maximum atomic E-state index is 3.92. The lowest BCUT2D eigenvalue weighted by molar-refractivity contribution is 0.167. The van der Waals surface area contributed by atoms with Crippen LogP contribution in [-0.4, -0.2) is 25.2 Å². The molecule has 0 amide bonds. The van der Waals surface area contributed by atoms with E-state index in [9.17, 15) is 0 Å². The molecule has 2 rings (SSSR count). The zero-order chi connectivity index (χ0) is 13.7. The number of hydrogen-bond acceptors (Lipinski definition) is 2. The normalized spacial score (nSPS) is 33.3. The van der Waals surface area contributed by atoms with Gasteiger partial charge in [0.2, 0.25) is 0 Å². The first-order valence-corrected chi connectivity index (χ1v) is 8.59. The maximum Gasteiger partial charge on any atom is 0.0110 e. The van der Waals surface area contributed by atoms with Crippen molar-refractivity contribution in [2.75, 3.05) is 13.1 Å². The SMILES string of the molecule is CCC(C)(C)CNC1CCCCC1C1CCCCN1. The topological polar surface area (TPSA) is 24.1 Å². The van der Waals surface area contributed by atoms with E-state index in [0.717, 1.165) is 18.0 Å². The van der Waals surface area contributed by atoms with Gasteiger partial charge in [-0.2, -0.15) is 0 Å². The molecule has 0 aromatic carbocycles. The first-order valence-electron chi connectivity index (χ1n) is 8.59. The summed E-state index contributed by atoms with van der Waals surface area (Å²) in [4.78, 5) is 0. The molecule has 0 radical (unpaired) electrons. The fraction of sp³-hybridized carbons (Fsp3) is 1.00. The molecule has 2 fully saturated rings. The van der Waals surface area contributed by atoms with Crippen LogP contribution in [0.5, 0.6) is 0 Å². The minimum Gasteiger partial charge on any atom is -0.314 e. The Morgan fingerprint density at radius 3 is 2.47 bits per heavy atom. The minimum absolute atomic E-state index is 0.446. The Labute approximate surface area is 120 Å². The van der Waals surface area contributed by atoms with Crippen molar-refractivity contribution in [1.29, 1.82) is 0 Å². The van der Waals surface area contributed by atoms with Gasteiger partial charge in [-0.05, 0) is 50.0 Å². The molecule has 3 unspecified atom stereocenters. The van der Waals surface area contributed by atoms with Crippen LogP contribution in [0.25, 0.3) is 0 Å². The van der Waals surface area contributed by atoms with Crippen LogP contribution in [0.1, 0.15) is 72.1 Å². The summed E-state index contributed by atoms with van der Waals surface area (Å²) in [7, 11) is 0. The van der Waals surface area contributed by atoms with Gasteiger partial charge in [0.25, 0.3) is 0 Å². The van der Waals surface area contributed by atoms with Crippen molar-refractivity contribution in [3.63, 3.8) is 0 Å². The van der Waals surface area contributed by atoms with Crippen molar-refractivity contribution in [3.05, 3.63) is 0 Å². The van der Waals surface area contributed by atoms with Gasteiger partial charge in [0, 0.05) is 18.6 Å². The molecule has 2 N–H and O–H groups in total. The third kappa shape index (κ3) is 4.46. The van der Waals surface area contributed by atoms with Gasteiger partial charge in [-0.25, -0.2) is 0 Å². The summed E-state index contributed by atoms with van der Waals surface area (Å²) >= 11 is 0. The average Bonchev–Trinajstić information content (AvgIpc) is 2.46. The number of hydrogen-bond donors (Lipinski definition) is 2. The van der Waals surface area contributed by atoms with E-state index >= 15 is 0 Å². The van der Waals surface area contributed by atoms with Crippen molar-refractivity contribution in [3.8, 4) is 0 Å². The molecule has 2 heteroatoms. The summed E-state index contributed by atoms with van der Waals surface area (Å²) in [5.41, 5.74) is 0.446. The fourth-order valence-corrected chi connectivity index (χ4v) is 3.67. The van der Waals surface area contributed by atoms with Crippen LogP contribution < -0.4 is 10.6 Å². The van der Waals surface area contributed by atoms with Gasteiger partial charge >= 0.3 is 0 Å². The van der Waals surface area contributed by atoms with Crippen molar-refractivity contribution in [2.45, 2.75) is 84.2 Å². The molecule has 0 aromatic rings. The van der Waals surface area contributed by atoms with E-state index in [-0.39, 0.29) is 0 Å². The van der Waals surface area contributed by atoms with Gasteiger partial charge in [-0.15, -0.1) is 0 Å². The summed E-state index contributed by atoms with van der Waals surface area (Å²) in [5, 5.41) is 7.71. The largest absolute Gasteiger partial charge is 0.314 e. The standard InChI is InChI=1S/C17H34N2/c1-4-17(2,3)13-19-16-10-6-5-9-14(16)15-11-7-8-12-18-15/h14-16,18-19H,4-13H2,1-3H3. The summed E-state index contributed by atoms with van der Waals surface area (Å²) in [6, 6.07) is 1.55. The van der Waals surface area contributed by atoms with E-state index < -0.39 is 0 Å². The smallest absolute Gasteiger partial charge is 0.0110 e. The molecule has 19 heavy (non-hydrogen) atoms. The maximum absolute atomic E-state index is 3.92. The molecular weight excluding hydrogens is 232 g/mol. The molecule has 3 atom stereocenters. The highest BCUT2D eigenvalue weighted by atomic mass is 15.0. The predicted molar refractivity (Wildman–Crippen MR) is 83.5 cm³/mol. The van der Waals surface area contributed by atoms with Crippen molar-refractivity contribution in [1.82, 2.24) is 10.6 Å². The van der Waals surface area contributed by atoms with Gasteiger partial charge in [0.15, 0.2) is 0 Å². The Kier molecular flexibility index (Phi) is 5.70. The average molecular weight is 266 g/mol. The molecule has 1 aliphatic heterocycles. The monoisotopic (exact) mass is 266 g/mol. The molecule has 0 bridgehead atoms. The summed E-state index contributed by atoms with van der Waals surface area (Å²) in [6.07, 6.45) is 11.2. The van der Waals surface area contributed by atoms with Gasteiger partial charge in [0.1, 0.15) is 0 Å². The van der Waals surface area contributed by atoms with Crippen molar-refractivity contribution < 1.29 is 0 Å². The quantitative estimate of drug-likeness (QED) is 0.792. The zero-order valence-corrected chi connectivity index (χ0v) is 13.3. The molecule has 1 saturated carbocycles. The van der Waals surface area contributed by atoms with Gasteiger partial charge in [-0.1, -0.05) is 40.0 Å². The van der Waals surface area contributed by atoms with Crippen molar-refractivity contribution in [2.24, 2.45) is 11.3 Å².